The first-order valence-electron chi connectivity index (χ1n) is 5.03. The average molecular weight is 218 g/mol. The first-order valence-corrected chi connectivity index (χ1v) is 5.03. The zero-order valence-corrected chi connectivity index (χ0v) is 9.32. The predicted octanol–water partition coefficient (Wildman–Crippen LogP) is 1.88. The number of nitrogens with zero attached hydrogens (tertiary/aromatic N) is 2. The lowest BCUT2D eigenvalue weighted by atomic mass is 10.4. The molecule has 16 heavy (non-hydrogen) atoms. The molecule has 2 heterocycles. The Hall–Kier alpha value is -2.04. The van der Waals surface area contributed by atoms with Crippen molar-refractivity contribution in [1.29, 1.82) is 0 Å². The predicted molar refractivity (Wildman–Crippen MR) is 62.0 cm³/mol. The summed E-state index contributed by atoms with van der Waals surface area (Å²) in [5.74, 6) is 2.21. The molecule has 84 valence electrons. The normalized spacial score (nSPS) is 10.4. The summed E-state index contributed by atoms with van der Waals surface area (Å²) < 4.78 is 5.43. The monoisotopic (exact) mass is 218 g/mol. The standard InChI is InChI=1S/C11H14N4O/c1-7-8(2)16-11(15-7)6-14-10-5-9(12)3-4-13-10/h3-5H,6H2,1-2H3,(H3,12,13,14). The average Bonchev–Trinajstić information content (AvgIpc) is 2.56. The van der Waals surface area contributed by atoms with Crippen LogP contribution in [-0.4, -0.2) is 9.97 Å². The fourth-order valence-corrected chi connectivity index (χ4v) is 1.32. The van der Waals surface area contributed by atoms with Crippen LogP contribution < -0.4 is 11.1 Å². The summed E-state index contributed by atoms with van der Waals surface area (Å²) in [7, 11) is 0. The summed E-state index contributed by atoms with van der Waals surface area (Å²) in [5, 5.41) is 3.09. The quantitative estimate of drug-likeness (QED) is 0.822. The second-order valence-electron chi connectivity index (χ2n) is 3.58. The summed E-state index contributed by atoms with van der Waals surface area (Å²) in [6.45, 7) is 4.32. The van der Waals surface area contributed by atoms with Crippen molar-refractivity contribution in [3.8, 4) is 0 Å². The van der Waals surface area contributed by atoms with E-state index in [0.29, 0.717) is 23.9 Å². The first-order chi connectivity index (χ1) is 7.65. The maximum atomic E-state index is 5.64. The van der Waals surface area contributed by atoms with Gasteiger partial charge in [0.2, 0.25) is 5.89 Å². The van der Waals surface area contributed by atoms with Crippen molar-refractivity contribution >= 4 is 11.5 Å². The third-order valence-corrected chi connectivity index (χ3v) is 2.28. The van der Waals surface area contributed by atoms with Crippen LogP contribution in [0, 0.1) is 13.8 Å². The lowest BCUT2D eigenvalue weighted by Gasteiger charge is -2.02. The Morgan fingerprint density at radius 2 is 2.25 bits per heavy atom. The Bertz CT molecular complexity index is 473. The number of aryl methyl sites for hydroxylation is 2. The lowest BCUT2D eigenvalue weighted by molar-refractivity contribution is 0.478. The molecule has 0 atom stereocenters. The molecule has 0 amide bonds. The maximum Gasteiger partial charge on any atom is 0.213 e. The van der Waals surface area contributed by atoms with E-state index in [1.165, 1.54) is 0 Å². The second kappa shape index (κ2) is 4.22. The fraction of sp³-hybridized carbons (Fsp3) is 0.273. The molecule has 5 nitrogen and oxygen atoms in total. The number of rotatable bonds is 3. The van der Waals surface area contributed by atoms with Crippen molar-refractivity contribution in [2.24, 2.45) is 0 Å². The summed E-state index contributed by atoms with van der Waals surface area (Å²) in [6, 6.07) is 3.51. The molecule has 0 radical (unpaired) electrons. The van der Waals surface area contributed by atoms with E-state index in [1.54, 1.807) is 18.3 Å². The number of hydrogen-bond donors (Lipinski definition) is 2. The molecule has 0 spiro atoms. The van der Waals surface area contributed by atoms with Crippen LogP contribution in [0.3, 0.4) is 0 Å². The molecule has 0 aliphatic carbocycles. The number of nitrogen functional groups attached to an aromatic ring is 1. The largest absolute Gasteiger partial charge is 0.444 e. The summed E-state index contributed by atoms with van der Waals surface area (Å²) in [5.41, 5.74) is 7.23. The third-order valence-electron chi connectivity index (χ3n) is 2.28. The number of anilines is 2. The van der Waals surface area contributed by atoms with E-state index in [4.69, 9.17) is 10.2 Å². The van der Waals surface area contributed by atoms with Crippen LogP contribution in [0.5, 0.6) is 0 Å². The second-order valence-corrected chi connectivity index (χ2v) is 3.58. The molecule has 0 aromatic carbocycles. The number of nitrogens with two attached hydrogens (primary N) is 1. The molecule has 0 aliphatic heterocycles. The maximum absolute atomic E-state index is 5.64. The highest BCUT2D eigenvalue weighted by molar-refractivity contribution is 5.48. The third kappa shape index (κ3) is 2.31. The van der Waals surface area contributed by atoms with Crippen LogP contribution in [0.25, 0.3) is 0 Å². The van der Waals surface area contributed by atoms with Crippen LogP contribution in [-0.2, 0) is 6.54 Å². The molecule has 0 saturated heterocycles. The number of nitrogens with one attached hydrogen (secondary N) is 1. The van der Waals surface area contributed by atoms with Gasteiger partial charge >= 0.3 is 0 Å². The lowest BCUT2D eigenvalue weighted by Crippen LogP contribution is -2.02. The minimum atomic E-state index is 0.505. The van der Waals surface area contributed by atoms with Gasteiger partial charge in [-0.2, -0.15) is 0 Å². The van der Waals surface area contributed by atoms with E-state index < -0.39 is 0 Å². The molecule has 2 aromatic heterocycles. The van der Waals surface area contributed by atoms with Gasteiger partial charge < -0.3 is 15.5 Å². The van der Waals surface area contributed by atoms with Gasteiger partial charge in [-0.1, -0.05) is 0 Å². The van der Waals surface area contributed by atoms with Crippen LogP contribution in [0.1, 0.15) is 17.3 Å². The minimum Gasteiger partial charge on any atom is -0.444 e. The van der Waals surface area contributed by atoms with Gasteiger partial charge in [0, 0.05) is 18.0 Å². The first kappa shape index (κ1) is 10.5. The Kier molecular flexibility index (Phi) is 2.76. The van der Waals surface area contributed by atoms with Crippen molar-refractivity contribution in [2.45, 2.75) is 20.4 Å². The highest BCUT2D eigenvalue weighted by Gasteiger charge is 2.05. The molecule has 5 heteroatoms. The highest BCUT2D eigenvalue weighted by atomic mass is 16.4. The number of pyridine rings is 1. The molecule has 2 aromatic rings. The van der Waals surface area contributed by atoms with Gasteiger partial charge in [-0.15, -0.1) is 0 Å². The molecule has 3 N–H and O–H groups in total. The van der Waals surface area contributed by atoms with Gasteiger partial charge in [0.15, 0.2) is 0 Å². The van der Waals surface area contributed by atoms with Crippen LogP contribution >= 0.6 is 0 Å². The summed E-state index contributed by atoms with van der Waals surface area (Å²) in [4.78, 5) is 8.38. The zero-order chi connectivity index (χ0) is 11.5. The van der Waals surface area contributed by atoms with Crippen LogP contribution in [0.4, 0.5) is 11.5 Å². The summed E-state index contributed by atoms with van der Waals surface area (Å²) in [6.07, 6.45) is 1.66. The molecule has 2 rings (SSSR count). The van der Waals surface area contributed by atoms with Crippen LogP contribution in [0.15, 0.2) is 22.7 Å². The molecular weight excluding hydrogens is 204 g/mol. The molecule has 0 bridgehead atoms. The Balaban J connectivity index is 2.02. The van der Waals surface area contributed by atoms with E-state index in [2.05, 4.69) is 15.3 Å². The van der Waals surface area contributed by atoms with E-state index in [1.807, 2.05) is 13.8 Å². The molecule has 0 aliphatic rings. The van der Waals surface area contributed by atoms with Crippen molar-refractivity contribution < 1.29 is 4.42 Å². The Labute approximate surface area is 93.7 Å². The van der Waals surface area contributed by atoms with Crippen molar-refractivity contribution in [1.82, 2.24) is 9.97 Å². The van der Waals surface area contributed by atoms with Gasteiger partial charge in [-0.05, 0) is 19.9 Å². The van der Waals surface area contributed by atoms with E-state index >= 15 is 0 Å². The van der Waals surface area contributed by atoms with Crippen molar-refractivity contribution in [3.05, 3.63) is 35.7 Å². The van der Waals surface area contributed by atoms with Gasteiger partial charge in [0.25, 0.3) is 0 Å². The number of oxazole rings is 1. The van der Waals surface area contributed by atoms with Crippen molar-refractivity contribution in [3.63, 3.8) is 0 Å². The highest BCUT2D eigenvalue weighted by Crippen LogP contribution is 2.12. The minimum absolute atomic E-state index is 0.505. The van der Waals surface area contributed by atoms with Crippen molar-refractivity contribution in [2.75, 3.05) is 11.1 Å². The van der Waals surface area contributed by atoms with Gasteiger partial charge in [-0.3, -0.25) is 0 Å². The van der Waals surface area contributed by atoms with Gasteiger partial charge in [0.05, 0.1) is 12.2 Å². The molecule has 0 fully saturated rings. The van der Waals surface area contributed by atoms with Gasteiger partial charge in [-0.25, -0.2) is 9.97 Å². The van der Waals surface area contributed by atoms with E-state index in [0.717, 1.165) is 11.5 Å². The number of hydrogen-bond acceptors (Lipinski definition) is 5. The molecule has 0 unspecified atom stereocenters. The van der Waals surface area contributed by atoms with E-state index in [-0.39, 0.29) is 0 Å². The van der Waals surface area contributed by atoms with Gasteiger partial charge in [0.1, 0.15) is 11.6 Å². The topological polar surface area (TPSA) is 77.0 Å². The smallest absolute Gasteiger partial charge is 0.213 e. The van der Waals surface area contributed by atoms with E-state index in [9.17, 15) is 0 Å². The summed E-state index contributed by atoms with van der Waals surface area (Å²) >= 11 is 0. The SMILES string of the molecule is Cc1nc(CNc2cc(N)ccn2)oc1C. The Morgan fingerprint density at radius 3 is 2.88 bits per heavy atom. The molecular formula is C11H14N4O. The zero-order valence-electron chi connectivity index (χ0n) is 9.32. The van der Waals surface area contributed by atoms with Crippen LogP contribution in [0.2, 0.25) is 0 Å². The molecule has 0 saturated carbocycles. The number of aromatic nitrogens is 2. The fourth-order valence-electron chi connectivity index (χ4n) is 1.32. The Morgan fingerprint density at radius 1 is 1.44 bits per heavy atom.